The van der Waals surface area contributed by atoms with Crippen LogP contribution in [0.15, 0.2) is 0 Å². The summed E-state index contributed by atoms with van der Waals surface area (Å²) >= 11 is 0. The molecule has 0 spiro atoms. The van der Waals surface area contributed by atoms with Crippen LogP contribution in [0.5, 0.6) is 0 Å². The predicted molar refractivity (Wildman–Crippen MR) is 72.9 cm³/mol. The first-order valence-corrected chi connectivity index (χ1v) is 8.41. The molecule has 0 unspecified atom stereocenters. The lowest BCUT2D eigenvalue weighted by Crippen LogP contribution is -2.54. The van der Waals surface area contributed by atoms with Crippen molar-refractivity contribution in [3.63, 3.8) is 0 Å². The Morgan fingerprint density at radius 2 is 0.778 bits per heavy atom. The van der Waals surface area contributed by atoms with E-state index in [4.69, 9.17) is 0 Å². The molecule has 0 radical (unpaired) electrons. The molecule has 0 saturated heterocycles. The third-order valence-electron chi connectivity index (χ3n) is 2.64. The van der Waals surface area contributed by atoms with Gasteiger partial charge in [0.25, 0.3) is 0 Å². The molecule has 0 aromatic rings. The third kappa shape index (κ3) is 3.04. The van der Waals surface area contributed by atoms with Gasteiger partial charge in [-0.15, -0.1) is 8.83 Å². The molecule has 0 aromatic carbocycles. The van der Waals surface area contributed by atoms with Crippen LogP contribution in [0.2, 0.25) is 0 Å². The van der Waals surface area contributed by atoms with Crippen LogP contribution in [0.3, 0.4) is 0 Å². The van der Waals surface area contributed by atoms with Crippen LogP contribution in [0.25, 0.3) is 0 Å². The summed E-state index contributed by atoms with van der Waals surface area (Å²) in [4.78, 5) is 0. The van der Waals surface area contributed by atoms with Gasteiger partial charge in [-0.3, -0.25) is 0 Å². The molecule has 0 saturated carbocycles. The van der Waals surface area contributed by atoms with Gasteiger partial charge in [0.05, 0.1) is 9.49 Å². The van der Waals surface area contributed by atoms with Gasteiger partial charge in [-0.2, -0.15) is 0 Å². The molecule has 0 atom stereocenters. The molecule has 110 valence electrons. The Labute approximate surface area is 111 Å². The summed E-state index contributed by atoms with van der Waals surface area (Å²) in [5, 5.41) is 0. The van der Waals surface area contributed by atoms with Crippen LogP contribution in [0.1, 0.15) is 41.5 Å². The van der Waals surface area contributed by atoms with E-state index >= 15 is 0 Å². The topological polar surface area (TPSA) is 74.8 Å². The van der Waals surface area contributed by atoms with Gasteiger partial charge in [-0.05, 0) is 41.5 Å². The lowest BCUT2D eigenvalue weighted by Gasteiger charge is -2.35. The monoisotopic (exact) mass is 300 g/mol. The summed E-state index contributed by atoms with van der Waals surface area (Å²) in [7, 11) is -5.00. The minimum absolute atomic E-state index is 0.785. The van der Waals surface area contributed by atoms with Crippen LogP contribution in [-0.4, -0.2) is 49.3 Å². The largest absolute Gasteiger partial charge is 0.232 e. The van der Waals surface area contributed by atoms with Gasteiger partial charge in [0.2, 0.25) is 20.0 Å². The molecule has 0 N–H and O–H groups in total. The summed E-state index contributed by atoms with van der Waals surface area (Å²) in [6.45, 7) is 9.15. The third-order valence-corrected chi connectivity index (χ3v) is 7.72. The van der Waals surface area contributed by atoms with E-state index in [1.54, 1.807) is 0 Å². The Bertz CT molecular complexity index is 447. The van der Waals surface area contributed by atoms with Gasteiger partial charge in [0, 0.05) is 14.1 Å². The highest BCUT2D eigenvalue weighted by molar-refractivity contribution is 7.93. The average molecular weight is 300 g/mol. The molecule has 0 aromatic heterocycles. The van der Waals surface area contributed by atoms with Crippen LogP contribution < -0.4 is 0 Å². The lowest BCUT2D eigenvalue weighted by atomic mass is 10.3. The Morgan fingerprint density at radius 3 is 0.889 bits per heavy atom. The fraction of sp³-hybridized carbons (Fsp3) is 1.00. The van der Waals surface area contributed by atoms with Gasteiger partial charge in [-0.25, -0.2) is 16.8 Å². The van der Waals surface area contributed by atoms with Crippen molar-refractivity contribution in [3.8, 4) is 0 Å². The number of hydrogen-bond donors (Lipinski definition) is 0. The summed E-state index contributed by atoms with van der Waals surface area (Å²) in [5.41, 5.74) is 0. The zero-order valence-corrected chi connectivity index (χ0v) is 14.0. The Hall–Kier alpha value is -0.180. The van der Waals surface area contributed by atoms with E-state index in [1.807, 2.05) is 0 Å². The fourth-order valence-corrected chi connectivity index (χ4v) is 3.81. The molecule has 0 aliphatic heterocycles. The van der Waals surface area contributed by atoms with Crippen molar-refractivity contribution in [3.05, 3.63) is 0 Å². The molecular formula is C10H24N2O4S2. The molecule has 0 aliphatic carbocycles. The second-order valence-electron chi connectivity index (χ2n) is 6.10. The minimum Gasteiger partial charge on any atom is -0.210 e. The van der Waals surface area contributed by atoms with Crippen molar-refractivity contribution >= 4 is 20.0 Å². The molecule has 6 nitrogen and oxygen atoms in total. The fourth-order valence-electron chi connectivity index (χ4n) is 1.10. The van der Waals surface area contributed by atoms with E-state index in [0.29, 0.717) is 0 Å². The quantitative estimate of drug-likeness (QED) is 0.729. The maximum absolute atomic E-state index is 12.2. The van der Waals surface area contributed by atoms with Gasteiger partial charge < -0.3 is 0 Å². The van der Waals surface area contributed by atoms with Crippen LogP contribution in [0.4, 0.5) is 0 Å². The summed E-state index contributed by atoms with van der Waals surface area (Å²) in [5.74, 6) is 0. The van der Waals surface area contributed by atoms with E-state index in [-0.39, 0.29) is 0 Å². The summed E-state index contributed by atoms with van der Waals surface area (Å²) in [6, 6.07) is 0. The number of hydrazine groups is 1. The van der Waals surface area contributed by atoms with Crippen molar-refractivity contribution in [1.29, 1.82) is 0 Å². The van der Waals surface area contributed by atoms with E-state index in [1.165, 1.54) is 55.6 Å². The minimum atomic E-state index is -3.74. The van der Waals surface area contributed by atoms with E-state index in [2.05, 4.69) is 0 Å². The van der Waals surface area contributed by atoms with Gasteiger partial charge in [0.15, 0.2) is 0 Å². The molecule has 0 bridgehead atoms. The SMILES string of the molecule is CN(N(C)S(=O)(=O)C(C)(C)C)S(=O)(=O)C(C)(C)C. The lowest BCUT2D eigenvalue weighted by molar-refractivity contribution is 0.223. The Balaban J connectivity index is 5.62. The highest BCUT2D eigenvalue weighted by Gasteiger charge is 2.42. The number of nitrogens with zero attached hydrogens (tertiary/aromatic N) is 2. The zero-order chi connectivity index (χ0) is 15.2. The van der Waals surface area contributed by atoms with Crippen LogP contribution in [0, 0.1) is 0 Å². The van der Waals surface area contributed by atoms with Gasteiger partial charge in [0.1, 0.15) is 0 Å². The Morgan fingerprint density at radius 1 is 0.611 bits per heavy atom. The standard InChI is InChI=1S/C10H24N2O4S2/c1-9(2,3)17(13,14)11(7)12(8)18(15,16)10(4,5)6/h1-8H3. The van der Waals surface area contributed by atoms with Gasteiger partial charge in [-0.1, -0.05) is 0 Å². The van der Waals surface area contributed by atoms with Crippen molar-refractivity contribution in [1.82, 2.24) is 8.83 Å². The molecule has 0 heterocycles. The normalized spacial score (nSPS) is 15.4. The smallest absolute Gasteiger partial charge is 0.210 e. The Kier molecular flexibility index (Phi) is 4.69. The molecule has 0 amide bonds. The van der Waals surface area contributed by atoms with Crippen molar-refractivity contribution in [2.24, 2.45) is 0 Å². The van der Waals surface area contributed by atoms with E-state index in [9.17, 15) is 16.8 Å². The molecule has 0 fully saturated rings. The summed E-state index contributed by atoms with van der Waals surface area (Å²) in [6.07, 6.45) is 0. The van der Waals surface area contributed by atoms with Crippen molar-refractivity contribution in [2.75, 3.05) is 14.1 Å². The molecule has 0 rings (SSSR count). The number of hydrogen-bond acceptors (Lipinski definition) is 4. The zero-order valence-electron chi connectivity index (χ0n) is 12.3. The number of rotatable bonds is 3. The maximum Gasteiger partial charge on any atom is 0.232 e. The van der Waals surface area contributed by atoms with Crippen LogP contribution in [-0.2, 0) is 20.0 Å². The second kappa shape index (κ2) is 4.73. The highest BCUT2D eigenvalue weighted by atomic mass is 32.2. The van der Waals surface area contributed by atoms with Crippen molar-refractivity contribution in [2.45, 2.75) is 51.0 Å². The van der Waals surface area contributed by atoms with E-state index < -0.39 is 29.5 Å². The number of sulfonamides is 2. The predicted octanol–water partition coefficient (Wildman–Crippen LogP) is 1.02. The molecule has 18 heavy (non-hydrogen) atoms. The van der Waals surface area contributed by atoms with Gasteiger partial charge >= 0.3 is 0 Å². The second-order valence-corrected chi connectivity index (χ2v) is 11.5. The molecule has 8 heteroatoms. The first kappa shape index (κ1) is 17.8. The maximum atomic E-state index is 12.2. The molecular weight excluding hydrogens is 276 g/mol. The van der Waals surface area contributed by atoms with Crippen molar-refractivity contribution < 1.29 is 16.8 Å². The van der Waals surface area contributed by atoms with E-state index in [0.717, 1.165) is 8.83 Å². The summed E-state index contributed by atoms with van der Waals surface area (Å²) < 4.78 is 48.2. The molecule has 0 aliphatic rings. The average Bonchev–Trinajstić information content (AvgIpc) is 2.11. The van der Waals surface area contributed by atoms with Crippen LogP contribution >= 0.6 is 0 Å². The first-order chi connectivity index (χ1) is 7.57. The highest BCUT2D eigenvalue weighted by Crippen LogP contribution is 2.25. The first-order valence-electron chi connectivity index (χ1n) is 5.53.